The first-order valence-corrected chi connectivity index (χ1v) is 41.9. The number of rotatable bonds is 7. The number of aromatic nitrogens is 4. The molecular weight excluding hydrogens is 1470 g/mol. The highest BCUT2D eigenvalue weighted by Crippen LogP contribution is 2.59. The molecule has 0 spiro atoms. The number of furan rings is 1. The molecule has 7 aromatic heterocycles. The van der Waals surface area contributed by atoms with Crippen molar-refractivity contribution in [3.63, 3.8) is 0 Å². The third kappa shape index (κ3) is 9.87. The molecule has 24 aromatic rings. The molecule has 0 saturated carbocycles. The van der Waals surface area contributed by atoms with Gasteiger partial charge in [-0.05, 0) is 180 Å². The predicted molar refractivity (Wildman–Crippen MR) is 499 cm³/mol. The molecule has 0 atom stereocenters. The van der Waals surface area contributed by atoms with Crippen LogP contribution in [0.3, 0.4) is 0 Å². The lowest BCUT2D eigenvalue weighted by Crippen LogP contribution is -2.00. The van der Waals surface area contributed by atoms with Crippen molar-refractivity contribution in [2.45, 2.75) is 0 Å². The highest BCUT2D eigenvalue weighted by Gasteiger charge is 2.34. The summed E-state index contributed by atoms with van der Waals surface area (Å²) in [5.41, 5.74) is 34.3. The smallest absolute Gasteiger partial charge is 0.143 e. The molecule has 0 saturated heterocycles. The molecule has 118 heavy (non-hydrogen) atoms. The van der Waals surface area contributed by atoms with Crippen molar-refractivity contribution in [3.05, 3.63) is 401 Å². The van der Waals surface area contributed by atoms with Gasteiger partial charge in [0.2, 0.25) is 0 Å². The van der Waals surface area contributed by atoms with Crippen LogP contribution in [0, 0.1) is 0 Å². The molecule has 5 nitrogen and oxygen atoms in total. The Kier molecular flexibility index (Phi) is 14.8. The van der Waals surface area contributed by atoms with Gasteiger partial charge in [0.25, 0.3) is 0 Å². The molecule has 7 heteroatoms. The van der Waals surface area contributed by atoms with Gasteiger partial charge in [0.1, 0.15) is 17.2 Å². The molecular formula is C111H66N4OS2. The lowest BCUT2D eigenvalue weighted by atomic mass is 9.93. The van der Waals surface area contributed by atoms with Crippen LogP contribution in [0.2, 0.25) is 0 Å². The molecule has 0 fully saturated rings. The second kappa shape index (κ2) is 26.3. The molecule has 17 aromatic carbocycles. The van der Waals surface area contributed by atoms with Gasteiger partial charge in [-0.1, -0.05) is 303 Å². The highest BCUT2D eigenvalue weighted by atomic mass is 32.1. The summed E-state index contributed by atoms with van der Waals surface area (Å²) < 4.78 is 19.6. The molecule has 548 valence electrons. The van der Waals surface area contributed by atoms with Crippen LogP contribution in [-0.2, 0) is 0 Å². The third-order valence-corrected chi connectivity index (χ3v) is 27.0. The molecule has 0 radical (unpaired) electrons. The van der Waals surface area contributed by atoms with Crippen molar-refractivity contribution in [1.82, 2.24) is 18.7 Å². The largest absolute Gasteiger partial charge is 0.455 e. The zero-order valence-electron chi connectivity index (χ0n) is 63.6. The van der Waals surface area contributed by atoms with Gasteiger partial charge in [-0.3, -0.25) is 4.57 Å². The van der Waals surface area contributed by atoms with Gasteiger partial charge in [0, 0.05) is 112 Å². The Morgan fingerprint density at radius 1 is 0.229 bits per heavy atom. The van der Waals surface area contributed by atoms with Crippen LogP contribution >= 0.6 is 22.7 Å². The summed E-state index contributed by atoms with van der Waals surface area (Å²) in [5.74, 6) is 1.84. The van der Waals surface area contributed by atoms with Crippen molar-refractivity contribution in [2.24, 2.45) is 0 Å². The van der Waals surface area contributed by atoms with E-state index in [2.05, 4.69) is 402 Å². The highest BCUT2D eigenvalue weighted by molar-refractivity contribution is 7.26. The van der Waals surface area contributed by atoms with Crippen LogP contribution in [-0.4, -0.2) is 18.7 Å². The van der Waals surface area contributed by atoms with Gasteiger partial charge >= 0.3 is 0 Å². The third-order valence-electron chi connectivity index (χ3n) is 24.7. The average Bonchev–Trinajstić information content (AvgIpc) is 1.55. The number of nitrogens with zero attached hydrogens (tertiary/aromatic N) is 4. The van der Waals surface area contributed by atoms with Crippen molar-refractivity contribution in [3.8, 4) is 140 Å². The van der Waals surface area contributed by atoms with E-state index in [1.54, 1.807) is 0 Å². The predicted octanol–water partition coefficient (Wildman–Crippen LogP) is 31.4. The molecule has 0 N–H and O–H groups in total. The van der Waals surface area contributed by atoms with Gasteiger partial charge in [-0.2, -0.15) is 0 Å². The van der Waals surface area contributed by atoms with Crippen LogP contribution < -0.4 is 0 Å². The van der Waals surface area contributed by atoms with E-state index >= 15 is 0 Å². The Morgan fingerprint density at radius 2 is 0.619 bits per heavy atom. The van der Waals surface area contributed by atoms with E-state index in [0.717, 1.165) is 39.4 Å². The van der Waals surface area contributed by atoms with Gasteiger partial charge in [-0.15, -0.1) is 22.7 Å². The van der Waals surface area contributed by atoms with E-state index < -0.39 is 0 Å². The normalized spacial score (nSPS) is 12.1. The SMILES string of the molecule is c1ccc(-c2c3c4c(cccc4n2-c2ccccc2)-c2cccc4sc5cccc-3c5c24)cc1.c1ccc(-c2c3c4c(cccc4n2-c2ccccn2)-c2cccc4sc5cccc-3c5c24)cc1.c1ccc2c(c1)-c1ccccc1-c1c(-c3ccc(-c4ccc(-n5c6ccccc6c6ccccc65)cc4)cc3)oc3c1c-2cc1ccccc13. The van der Waals surface area contributed by atoms with Crippen LogP contribution in [0.1, 0.15) is 0 Å². The van der Waals surface area contributed by atoms with E-state index in [0.29, 0.717) is 0 Å². The van der Waals surface area contributed by atoms with Gasteiger partial charge in [0.15, 0.2) is 0 Å². The van der Waals surface area contributed by atoms with E-state index in [9.17, 15) is 0 Å². The second-order valence-corrected chi connectivity index (χ2v) is 33.1. The number of fused-ring (bicyclic) bond motifs is 14. The summed E-state index contributed by atoms with van der Waals surface area (Å²) in [6.07, 6.45) is 1.88. The van der Waals surface area contributed by atoms with E-state index in [1.807, 2.05) is 34.9 Å². The van der Waals surface area contributed by atoms with Crippen LogP contribution in [0.5, 0.6) is 0 Å². The first kappa shape index (κ1) is 66.4. The number of hydrogen-bond acceptors (Lipinski definition) is 4. The summed E-state index contributed by atoms with van der Waals surface area (Å²) in [6.45, 7) is 0. The van der Waals surface area contributed by atoms with Crippen molar-refractivity contribution >= 4 is 128 Å². The molecule has 0 aliphatic heterocycles. The number of pyridine rings is 1. The number of benzene rings is 17. The fourth-order valence-electron chi connectivity index (χ4n) is 19.9. The quantitative estimate of drug-likeness (QED) is 0.160. The summed E-state index contributed by atoms with van der Waals surface area (Å²) in [5, 5.41) is 14.2. The van der Waals surface area contributed by atoms with Crippen LogP contribution in [0.4, 0.5) is 0 Å². The second-order valence-electron chi connectivity index (χ2n) is 30.9. The molecule has 3 aliphatic carbocycles. The minimum atomic E-state index is 0.908. The Bertz CT molecular complexity index is 7930. The first-order valence-electron chi connectivity index (χ1n) is 40.3. The van der Waals surface area contributed by atoms with E-state index in [1.165, 1.54) is 206 Å². The van der Waals surface area contributed by atoms with E-state index in [4.69, 9.17) is 9.40 Å². The first-order chi connectivity index (χ1) is 58.6. The summed E-state index contributed by atoms with van der Waals surface area (Å²) in [6, 6.07) is 143. The maximum absolute atomic E-state index is 7.01. The zero-order chi connectivity index (χ0) is 77.2. The van der Waals surface area contributed by atoms with Crippen LogP contribution in [0.15, 0.2) is 405 Å². The standard InChI is InChI=1S/C48H29NO.C32H19NS.C31H18N2S/c1-2-12-35-33(11-1)29-42-38-15-4-3-13-36(38)37-14-5-6-18-41(37)45-46(42)48(35)50-47(45)32-23-21-30(22-24-32)31-25-27-34(28-26-31)49-43-19-9-7-16-39(43)40-17-8-10-20-44(40)49;1-3-10-20(11-4-1)32-31-24-16-9-19-27-30(24)29-23(15-8-18-26(29)34-27)22-14-7-17-25(28(22)31)33(32)21-12-5-2-6-13-21;1-2-9-19(10-3-1)31-30-22-13-8-16-25-29(22)28-21(12-7-15-24(28)34-25)20-11-6-14-23(27(20)30)33(31)26-17-4-5-18-32-26/h1-29H;1-19H;1-18H. The number of hydrogen-bond donors (Lipinski definition) is 0. The summed E-state index contributed by atoms with van der Waals surface area (Å²) >= 11 is 3.79. The molecule has 27 rings (SSSR count). The maximum atomic E-state index is 7.01. The van der Waals surface area contributed by atoms with Gasteiger partial charge < -0.3 is 13.6 Å². The van der Waals surface area contributed by atoms with Crippen molar-refractivity contribution in [1.29, 1.82) is 0 Å². The minimum absolute atomic E-state index is 0.908. The fourth-order valence-corrected chi connectivity index (χ4v) is 22.2. The average molecular weight is 1540 g/mol. The molecule has 7 heterocycles. The monoisotopic (exact) mass is 1530 g/mol. The van der Waals surface area contributed by atoms with E-state index in [-0.39, 0.29) is 0 Å². The fraction of sp³-hybridized carbons (Fsp3) is 0. The van der Waals surface area contributed by atoms with Gasteiger partial charge in [0.05, 0.1) is 33.5 Å². The van der Waals surface area contributed by atoms with Crippen molar-refractivity contribution < 1.29 is 4.42 Å². The summed E-state index contributed by atoms with van der Waals surface area (Å²) in [4.78, 5) is 4.79. The Labute approximate surface area is 687 Å². The zero-order valence-corrected chi connectivity index (χ0v) is 65.3. The molecule has 0 unspecified atom stereocenters. The Morgan fingerprint density at radius 3 is 1.17 bits per heavy atom. The molecule has 0 amide bonds. The maximum Gasteiger partial charge on any atom is 0.143 e. The minimum Gasteiger partial charge on any atom is -0.455 e. The lowest BCUT2D eigenvalue weighted by molar-refractivity contribution is 0.636. The molecule has 0 bridgehead atoms. The molecule has 3 aliphatic rings. The van der Waals surface area contributed by atoms with Crippen LogP contribution in [0.25, 0.3) is 246 Å². The topological polar surface area (TPSA) is 40.8 Å². The Balaban J connectivity index is 0.000000102. The number of para-hydroxylation sites is 3. The Hall–Kier alpha value is -15.0. The number of thiophene rings is 2. The lowest BCUT2D eigenvalue weighted by Gasteiger charge is -2.14. The van der Waals surface area contributed by atoms with Gasteiger partial charge in [-0.25, -0.2) is 4.98 Å². The summed E-state index contributed by atoms with van der Waals surface area (Å²) in [7, 11) is 0. The van der Waals surface area contributed by atoms with Crippen molar-refractivity contribution in [2.75, 3.05) is 0 Å².